The van der Waals surface area contributed by atoms with Crippen LogP contribution in [0.2, 0.25) is 0 Å². The molecule has 2 aromatic rings. The normalized spacial score (nSPS) is 12.0. The predicted molar refractivity (Wildman–Crippen MR) is 85.3 cm³/mol. The van der Waals surface area contributed by atoms with E-state index in [0.717, 1.165) is 0 Å². The molecule has 0 fully saturated rings. The molecule has 0 aliphatic carbocycles. The fourth-order valence-electron chi connectivity index (χ4n) is 2.59. The van der Waals surface area contributed by atoms with Gasteiger partial charge in [0.25, 0.3) is 5.91 Å². The summed E-state index contributed by atoms with van der Waals surface area (Å²) in [5.41, 5.74) is 1.57. The highest BCUT2D eigenvalue weighted by molar-refractivity contribution is 6.01. The number of carbonyl (C=O) groups excluding carboxylic acids is 2. The first-order valence-corrected chi connectivity index (χ1v) is 7.24. The first-order valence-electron chi connectivity index (χ1n) is 7.24. The number of aromatic nitrogens is 1. The van der Waals surface area contributed by atoms with Gasteiger partial charge in [-0.2, -0.15) is 0 Å². The second kappa shape index (κ2) is 6.68. The van der Waals surface area contributed by atoms with Crippen LogP contribution in [0.3, 0.4) is 0 Å². The van der Waals surface area contributed by atoms with E-state index in [1.165, 1.54) is 27.1 Å². The van der Waals surface area contributed by atoms with Gasteiger partial charge in [-0.1, -0.05) is 6.92 Å². The number of halogens is 1. The molecule has 0 aliphatic rings. The maximum Gasteiger partial charge on any atom is 0.267 e. The van der Waals surface area contributed by atoms with Crippen molar-refractivity contribution in [2.75, 3.05) is 20.7 Å². The summed E-state index contributed by atoms with van der Waals surface area (Å²) in [4.78, 5) is 26.2. The first-order chi connectivity index (χ1) is 10.9. The molecule has 0 aliphatic heterocycles. The van der Waals surface area contributed by atoms with Gasteiger partial charge in [-0.3, -0.25) is 9.59 Å². The highest BCUT2D eigenvalue weighted by atomic mass is 19.1. The number of ether oxygens (including phenoxy) is 1. The second-order valence-electron chi connectivity index (χ2n) is 5.36. The minimum Gasteiger partial charge on any atom is -0.494 e. The molecule has 0 unspecified atom stereocenters. The van der Waals surface area contributed by atoms with E-state index in [1.54, 1.807) is 6.07 Å². The minimum atomic E-state index is -0.509. The lowest BCUT2D eigenvalue weighted by atomic mass is 9.96. The molecule has 0 bridgehead atoms. The van der Waals surface area contributed by atoms with Crippen LogP contribution in [0.15, 0.2) is 12.1 Å². The van der Waals surface area contributed by atoms with Crippen molar-refractivity contribution in [2.45, 2.75) is 19.8 Å². The van der Waals surface area contributed by atoms with Crippen molar-refractivity contribution in [3.63, 3.8) is 0 Å². The molecule has 124 valence electrons. The topological polar surface area (TPSA) is 83.2 Å². The Morgan fingerprint density at radius 2 is 2.09 bits per heavy atom. The van der Waals surface area contributed by atoms with Crippen LogP contribution in [-0.4, -0.2) is 37.5 Å². The summed E-state index contributed by atoms with van der Waals surface area (Å²) in [5.74, 6) is -0.999. The number of carbonyl (C=O) groups is 2. The third-order valence-corrected chi connectivity index (χ3v) is 3.72. The molecule has 0 saturated carbocycles. The Labute approximate surface area is 133 Å². The molecule has 0 saturated heterocycles. The molecule has 0 radical (unpaired) electrons. The predicted octanol–water partition coefficient (Wildman–Crippen LogP) is 1.91. The van der Waals surface area contributed by atoms with Crippen LogP contribution in [0.5, 0.6) is 5.75 Å². The molecule has 3 N–H and O–H groups in total. The van der Waals surface area contributed by atoms with E-state index in [9.17, 15) is 14.0 Å². The zero-order chi connectivity index (χ0) is 17.1. The zero-order valence-corrected chi connectivity index (χ0v) is 13.5. The Morgan fingerprint density at radius 1 is 1.39 bits per heavy atom. The van der Waals surface area contributed by atoms with Crippen molar-refractivity contribution in [3.8, 4) is 5.75 Å². The van der Waals surface area contributed by atoms with Crippen LogP contribution >= 0.6 is 0 Å². The van der Waals surface area contributed by atoms with Gasteiger partial charge >= 0.3 is 0 Å². The van der Waals surface area contributed by atoms with Crippen LogP contribution < -0.4 is 15.4 Å². The van der Waals surface area contributed by atoms with Gasteiger partial charge in [0.15, 0.2) is 11.6 Å². The summed E-state index contributed by atoms with van der Waals surface area (Å²) < 4.78 is 18.9. The van der Waals surface area contributed by atoms with Crippen molar-refractivity contribution in [2.24, 2.45) is 0 Å². The molecular weight excluding hydrogens is 301 g/mol. The lowest BCUT2D eigenvalue weighted by Gasteiger charge is -2.14. The summed E-state index contributed by atoms with van der Waals surface area (Å²) in [6.45, 7) is 3.69. The van der Waals surface area contributed by atoms with Crippen LogP contribution in [0.1, 0.15) is 35.8 Å². The number of hydrogen-bond acceptors (Lipinski definition) is 3. The summed E-state index contributed by atoms with van der Waals surface area (Å²) in [6, 6.07) is 2.86. The fraction of sp³-hybridized carbons (Fsp3) is 0.375. The van der Waals surface area contributed by atoms with Crippen molar-refractivity contribution in [3.05, 3.63) is 29.2 Å². The van der Waals surface area contributed by atoms with Gasteiger partial charge < -0.3 is 20.4 Å². The number of methoxy groups -OCH3 is 1. The maximum absolute atomic E-state index is 13.9. The summed E-state index contributed by atoms with van der Waals surface area (Å²) >= 11 is 0. The van der Waals surface area contributed by atoms with Crippen molar-refractivity contribution >= 4 is 22.7 Å². The van der Waals surface area contributed by atoms with Crippen LogP contribution in [-0.2, 0) is 4.79 Å². The zero-order valence-electron chi connectivity index (χ0n) is 13.5. The monoisotopic (exact) mass is 321 g/mol. The fourth-order valence-corrected chi connectivity index (χ4v) is 2.59. The second-order valence-corrected chi connectivity index (χ2v) is 5.36. The van der Waals surface area contributed by atoms with Crippen LogP contribution in [0.4, 0.5) is 4.39 Å². The van der Waals surface area contributed by atoms with E-state index in [0.29, 0.717) is 28.7 Å². The van der Waals surface area contributed by atoms with Gasteiger partial charge in [0.1, 0.15) is 5.69 Å². The van der Waals surface area contributed by atoms with E-state index >= 15 is 0 Å². The van der Waals surface area contributed by atoms with Gasteiger partial charge in [0, 0.05) is 43.4 Å². The van der Waals surface area contributed by atoms with Gasteiger partial charge in [-0.25, -0.2) is 4.39 Å². The number of aromatic amines is 1. The number of hydrogen-bond donors (Lipinski definition) is 3. The Morgan fingerprint density at radius 3 is 2.65 bits per heavy atom. The Balaban J connectivity index is 2.61. The molecule has 1 atom stereocenters. The van der Waals surface area contributed by atoms with E-state index in [1.807, 2.05) is 6.92 Å². The Hall–Kier alpha value is -2.57. The molecule has 7 heteroatoms. The lowest BCUT2D eigenvalue weighted by molar-refractivity contribution is -0.119. The molecule has 6 nitrogen and oxygen atoms in total. The number of amides is 2. The highest BCUT2D eigenvalue weighted by Crippen LogP contribution is 2.33. The van der Waals surface area contributed by atoms with Crippen molar-refractivity contribution in [1.82, 2.24) is 15.6 Å². The van der Waals surface area contributed by atoms with E-state index in [4.69, 9.17) is 4.74 Å². The minimum absolute atomic E-state index is 0.105. The smallest absolute Gasteiger partial charge is 0.267 e. The SMILES string of the molecule is CNC(=O)c1[nH]c2cc(F)c(OC)cc2c1[C@H](C)CNC(C)=O. The quantitative estimate of drug-likeness (QED) is 0.787. The van der Waals surface area contributed by atoms with Crippen LogP contribution in [0, 0.1) is 5.82 Å². The van der Waals surface area contributed by atoms with E-state index < -0.39 is 5.82 Å². The largest absolute Gasteiger partial charge is 0.494 e. The number of H-pyrrole nitrogens is 1. The Bertz CT molecular complexity index is 755. The standard InChI is InChI=1S/C16H20FN3O3/c1-8(7-19-9(2)21)14-10-5-13(23-4)11(17)6-12(10)20-15(14)16(22)18-3/h5-6,8,20H,7H2,1-4H3,(H,18,22)(H,19,21)/t8-/m1/s1. The molecule has 0 spiro atoms. The van der Waals surface area contributed by atoms with Gasteiger partial charge in [0.2, 0.25) is 5.91 Å². The molecule has 1 heterocycles. The van der Waals surface area contributed by atoms with Gasteiger partial charge in [-0.05, 0) is 11.6 Å². The third kappa shape index (κ3) is 3.28. The highest BCUT2D eigenvalue weighted by Gasteiger charge is 2.23. The summed E-state index contributed by atoms with van der Waals surface area (Å²) in [7, 11) is 2.91. The van der Waals surface area contributed by atoms with E-state index in [2.05, 4.69) is 15.6 Å². The molecule has 2 amide bonds. The molecule has 1 aromatic heterocycles. The van der Waals surface area contributed by atoms with Crippen molar-refractivity contribution in [1.29, 1.82) is 0 Å². The van der Waals surface area contributed by atoms with Crippen molar-refractivity contribution < 1.29 is 18.7 Å². The van der Waals surface area contributed by atoms with Gasteiger partial charge in [0.05, 0.1) is 7.11 Å². The third-order valence-electron chi connectivity index (χ3n) is 3.72. The molecule has 2 rings (SSSR count). The van der Waals surface area contributed by atoms with Crippen LogP contribution in [0.25, 0.3) is 10.9 Å². The lowest BCUT2D eigenvalue weighted by Crippen LogP contribution is -2.26. The number of rotatable bonds is 5. The average molecular weight is 321 g/mol. The van der Waals surface area contributed by atoms with E-state index in [-0.39, 0.29) is 23.5 Å². The average Bonchev–Trinajstić information content (AvgIpc) is 2.88. The Kier molecular flexibility index (Phi) is 4.88. The number of benzene rings is 1. The molecule has 1 aromatic carbocycles. The summed E-state index contributed by atoms with van der Waals surface area (Å²) in [5, 5.41) is 5.99. The number of nitrogens with one attached hydrogen (secondary N) is 3. The van der Waals surface area contributed by atoms with Gasteiger partial charge in [-0.15, -0.1) is 0 Å². The number of fused-ring (bicyclic) bond motifs is 1. The summed E-state index contributed by atoms with van der Waals surface area (Å²) in [6.07, 6.45) is 0. The first kappa shape index (κ1) is 16.8. The molecule has 23 heavy (non-hydrogen) atoms. The molecular formula is C16H20FN3O3. The maximum atomic E-state index is 13.9.